The van der Waals surface area contributed by atoms with Crippen molar-refractivity contribution in [2.45, 2.75) is 45.3 Å². The SMILES string of the molecule is COCCOc1cc(C(=O)O)cc2c1nc(Cc1cc(F)c3cc1COCc1cc(-c4ccc(=O)n(C)c4)ccc1COc1cccc-3n1)n2C[C@@H]1CCO1. The Bertz CT molecular complexity index is 2470. The summed E-state index contributed by atoms with van der Waals surface area (Å²) in [5.41, 5.74) is 6.73. The minimum absolute atomic E-state index is 0.0578. The Morgan fingerprint density at radius 2 is 1.80 bits per heavy atom. The fourth-order valence-electron chi connectivity index (χ4n) is 6.92. The van der Waals surface area contributed by atoms with Crippen molar-refractivity contribution in [3.8, 4) is 34.0 Å². The number of aryl methyl sites for hydroxylation is 1. The number of hydrogen-bond donors (Lipinski definition) is 1. The first-order chi connectivity index (χ1) is 26.7. The third kappa shape index (κ3) is 7.59. The van der Waals surface area contributed by atoms with E-state index in [4.69, 9.17) is 28.7 Å². The number of hydrogen-bond acceptors (Lipinski definition) is 9. The maximum Gasteiger partial charge on any atom is 0.335 e. The smallest absolute Gasteiger partial charge is 0.335 e. The molecule has 2 aliphatic rings. The first-order valence-corrected chi connectivity index (χ1v) is 18.0. The van der Waals surface area contributed by atoms with Crippen molar-refractivity contribution in [3.63, 3.8) is 0 Å². The number of benzene rings is 3. The van der Waals surface area contributed by atoms with Crippen LogP contribution in [0.4, 0.5) is 4.39 Å². The van der Waals surface area contributed by atoms with Crippen molar-refractivity contribution >= 4 is 17.0 Å². The van der Waals surface area contributed by atoms with Crippen molar-refractivity contribution < 1.29 is 38.0 Å². The second-order valence-electron chi connectivity index (χ2n) is 13.7. The van der Waals surface area contributed by atoms with Crippen LogP contribution in [0.2, 0.25) is 0 Å². The van der Waals surface area contributed by atoms with Gasteiger partial charge < -0.3 is 37.9 Å². The lowest BCUT2D eigenvalue weighted by molar-refractivity contribution is -0.0589. The Morgan fingerprint density at radius 1 is 0.964 bits per heavy atom. The van der Waals surface area contributed by atoms with Gasteiger partial charge in [0.15, 0.2) is 0 Å². The highest BCUT2D eigenvalue weighted by molar-refractivity contribution is 5.95. The molecule has 13 heteroatoms. The molecule has 0 radical (unpaired) electrons. The third-order valence-electron chi connectivity index (χ3n) is 10.0. The van der Waals surface area contributed by atoms with Crippen LogP contribution < -0.4 is 15.0 Å². The van der Waals surface area contributed by atoms with E-state index >= 15 is 4.39 Å². The number of carbonyl (C=O) groups is 1. The van der Waals surface area contributed by atoms with Gasteiger partial charge in [0, 0.05) is 51.1 Å². The van der Waals surface area contributed by atoms with Crippen molar-refractivity contribution in [2.24, 2.45) is 7.05 Å². The van der Waals surface area contributed by atoms with Gasteiger partial charge in [0.25, 0.3) is 0 Å². The molecular weight excluding hydrogens is 707 g/mol. The molecule has 3 aromatic carbocycles. The average Bonchev–Trinajstić information content (AvgIpc) is 3.50. The first-order valence-electron chi connectivity index (χ1n) is 18.0. The summed E-state index contributed by atoms with van der Waals surface area (Å²) in [6.45, 7) is 2.18. The topological polar surface area (TPSA) is 136 Å². The standard InChI is InChI=1S/C42H39FN4O8/c1-46-20-26(8-9-40(46)48)25-6-7-27-24-55-39-5-3-4-35(44-39)33-15-31(23-52-22-30(27)14-25)28(16-34(33)43)19-38-45-41-36(47(38)21-32-10-11-53-32)17-29(42(49)50)18-37(41)54-13-12-51-2/h3-9,14-18,20,32H,10-13,19,21-24H2,1-2H3,(H,49,50)/t32-/m0/s1. The van der Waals surface area contributed by atoms with Gasteiger partial charge in [-0.3, -0.25) is 4.79 Å². The molecule has 0 unspecified atom stereocenters. The zero-order chi connectivity index (χ0) is 38.1. The fourth-order valence-corrected chi connectivity index (χ4v) is 6.92. The average molecular weight is 747 g/mol. The second-order valence-corrected chi connectivity index (χ2v) is 13.7. The molecule has 5 heterocycles. The van der Waals surface area contributed by atoms with Gasteiger partial charge in [-0.15, -0.1) is 0 Å². The highest BCUT2D eigenvalue weighted by Gasteiger charge is 2.26. The number of halogens is 1. The number of nitrogens with zero attached hydrogens (tertiary/aromatic N) is 4. The van der Waals surface area contributed by atoms with Gasteiger partial charge in [-0.05, 0) is 82.3 Å². The lowest BCUT2D eigenvalue weighted by atomic mass is 9.98. The van der Waals surface area contributed by atoms with E-state index < -0.39 is 11.8 Å². The van der Waals surface area contributed by atoms with Gasteiger partial charge in [0.05, 0.1) is 49.2 Å². The van der Waals surface area contributed by atoms with Crippen molar-refractivity contribution in [1.29, 1.82) is 0 Å². The number of imidazole rings is 1. The number of carboxylic acid groups (broad SMARTS) is 1. The fraction of sp³-hybridized carbons (Fsp3) is 0.286. The minimum atomic E-state index is -1.10. The minimum Gasteiger partial charge on any atom is -0.489 e. The maximum atomic E-state index is 16.2. The first kappa shape index (κ1) is 36.1. The molecule has 0 amide bonds. The Kier molecular flexibility index (Phi) is 10.1. The van der Waals surface area contributed by atoms with E-state index in [9.17, 15) is 14.7 Å². The number of ether oxygens (including phenoxy) is 5. The molecule has 1 saturated heterocycles. The Balaban J connectivity index is 1.20. The van der Waals surface area contributed by atoms with E-state index in [1.165, 1.54) is 22.8 Å². The Hall–Kier alpha value is -5.89. The summed E-state index contributed by atoms with van der Waals surface area (Å²) >= 11 is 0. The highest BCUT2D eigenvalue weighted by Crippen LogP contribution is 2.34. The Labute approximate surface area is 315 Å². The molecule has 0 aliphatic carbocycles. The predicted octanol–water partition coefficient (Wildman–Crippen LogP) is 6.32. The molecule has 1 N–H and O–H groups in total. The van der Waals surface area contributed by atoms with E-state index in [0.717, 1.165) is 34.2 Å². The normalized spacial score (nSPS) is 15.2. The number of fused-ring (bicyclic) bond motifs is 7. The molecule has 2 aliphatic heterocycles. The molecule has 0 saturated carbocycles. The lowest BCUT2D eigenvalue weighted by Gasteiger charge is -2.27. The zero-order valence-corrected chi connectivity index (χ0v) is 30.4. The number of aromatic carboxylic acids is 1. The molecule has 12 nitrogen and oxygen atoms in total. The molecule has 8 rings (SSSR count). The molecule has 3 aromatic heterocycles. The summed E-state index contributed by atoms with van der Waals surface area (Å²) in [6.07, 6.45) is 2.77. The largest absolute Gasteiger partial charge is 0.489 e. The summed E-state index contributed by atoms with van der Waals surface area (Å²) in [7, 11) is 3.28. The van der Waals surface area contributed by atoms with Gasteiger partial charge in [-0.25, -0.2) is 19.2 Å². The summed E-state index contributed by atoms with van der Waals surface area (Å²) in [4.78, 5) is 33.9. The number of pyridine rings is 2. The van der Waals surface area contributed by atoms with Gasteiger partial charge in [0.1, 0.15) is 36.1 Å². The van der Waals surface area contributed by atoms with Crippen molar-refractivity contribution in [3.05, 3.63) is 129 Å². The number of aromatic nitrogens is 4. The molecule has 0 spiro atoms. The van der Waals surface area contributed by atoms with Gasteiger partial charge in [0.2, 0.25) is 11.4 Å². The van der Waals surface area contributed by atoms with Gasteiger partial charge in [-0.2, -0.15) is 0 Å². The molecule has 4 bridgehead atoms. The molecule has 282 valence electrons. The molecule has 55 heavy (non-hydrogen) atoms. The molecule has 1 fully saturated rings. The van der Waals surface area contributed by atoms with Crippen LogP contribution in [0, 0.1) is 5.82 Å². The van der Waals surface area contributed by atoms with E-state index in [2.05, 4.69) is 4.98 Å². The summed E-state index contributed by atoms with van der Waals surface area (Å²) in [5, 5.41) is 9.98. The summed E-state index contributed by atoms with van der Waals surface area (Å²) in [5.74, 6) is -0.297. The molecule has 6 aromatic rings. The van der Waals surface area contributed by atoms with Crippen molar-refractivity contribution in [2.75, 3.05) is 26.9 Å². The summed E-state index contributed by atoms with van der Waals surface area (Å²) in [6, 6.07) is 20.9. The highest BCUT2D eigenvalue weighted by atomic mass is 19.1. The third-order valence-corrected chi connectivity index (χ3v) is 10.0. The van der Waals surface area contributed by atoms with Crippen LogP contribution in [-0.4, -0.2) is 63.2 Å². The maximum absolute atomic E-state index is 16.2. The quantitative estimate of drug-likeness (QED) is 0.159. The number of carboxylic acids is 1. The molecular formula is C42H39FN4O8. The predicted molar refractivity (Wildman–Crippen MR) is 201 cm³/mol. The second kappa shape index (κ2) is 15.5. The zero-order valence-electron chi connectivity index (χ0n) is 30.4. The van der Waals surface area contributed by atoms with E-state index in [1.807, 2.05) is 22.8 Å². The number of rotatable bonds is 10. The summed E-state index contributed by atoms with van der Waals surface area (Å²) < 4.78 is 49.2. The van der Waals surface area contributed by atoms with E-state index in [-0.39, 0.29) is 50.1 Å². The number of methoxy groups -OCH3 is 1. The monoisotopic (exact) mass is 746 g/mol. The Morgan fingerprint density at radius 3 is 2.58 bits per heavy atom. The van der Waals surface area contributed by atoms with Gasteiger partial charge in [-0.1, -0.05) is 18.2 Å². The van der Waals surface area contributed by atoms with Crippen LogP contribution in [0.15, 0.2) is 83.8 Å². The van der Waals surface area contributed by atoms with Crippen LogP contribution in [-0.2, 0) is 54.0 Å². The molecule has 1 atom stereocenters. The van der Waals surface area contributed by atoms with Crippen molar-refractivity contribution in [1.82, 2.24) is 19.1 Å². The van der Waals surface area contributed by atoms with Gasteiger partial charge >= 0.3 is 5.97 Å². The van der Waals surface area contributed by atoms with Crippen LogP contribution in [0.5, 0.6) is 11.6 Å². The van der Waals surface area contributed by atoms with Crippen LogP contribution in [0.1, 0.15) is 44.9 Å². The van der Waals surface area contributed by atoms with E-state index in [0.29, 0.717) is 65.1 Å². The lowest BCUT2D eigenvalue weighted by Crippen LogP contribution is -2.31. The van der Waals surface area contributed by atoms with E-state index in [1.54, 1.807) is 56.8 Å². The van der Waals surface area contributed by atoms with Crippen LogP contribution in [0.25, 0.3) is 33.4 Å². The van der Waals surface area contributed by atoms with Crippen LogP contribution in [0.3, 0.4) is 0 Å². The van der Waals surface area contributed by atoms with Crippen LogP contribution >= 0.6 is 0 Å².